The average Bonchev–Trinajstić information content (AvgIpc) is 3.09. The van der Waals surface area contributed by atoms with Gasteiger partial charge in [-0.25, -0.2) is 4.79 Å². The van der Waals surface area contributed by atoms with E-state index in [0.29, 0.717) is 11.3 Å². The number of thiophene rings is 1. The molecular weight excluding hydrogens is 376 g/mol. The highest BCUT2D eigenvalue weighted by Gasteiger charge is 2.54. The lowest BCUT2D eigenvalue weighted by Gasteiger charge is -2.49. The molecule has 2 atom stereocenters. The number of nitrogens with one attached hydrogen (secondary N) is 1. The van der Waals surface area contributed by atoms with Crippen LogP contribution in [0, 0.1) is 0 Å². The number of thioether (sulfide) groups is 1. The summed E-state index contributed by atoms with van der Waals surface area (Å²) in [6.45, 7) is 3.92. The smallest absolute Gasteiger partial charge is 0.352 e. The van der Waals surface area contributed by atoms with Crippen LogP contribution in [0.15, 0.2) is 28.8 Å². The van der Waals surface area contributed by atoms with Crippen LogP contribution in [0.1, 0.15) is 18.7 Å². The summed E-state index contributed by atoms with van der Waals surface area (Å²) >= 11 is 2.93. The molecule has 9 heteroatoms. The number of carbonyl (C=O) groups is 3. The Balaban J connectivity index is 1.68. The van der Waals surface area contributed by atoms with E-state index in [0.717, 1.165) is 4.88 Å². The fourth-order valence-corrected chi connectivity index (χ4v) is 4.89. The van der Waals surface area contributed by atoms with Crippen molar-refractivity contribution >= 4 is 40.9 Å². The van der Waals surface area contributed by atoms with Crippen molar-refractivity contribution in [1.82, 2.24) is 10.2 Å². The second-order valence-electron chi connectivity index (χ2n) is 6.33. The number of rotatable bonds is 7. The van der Waals surface area contributed by atoms with Gasteiger partial charge in [0.25, 0.3) is 5.91 Å². The molecule has 1 aromatic rings. The largest absolute Gasteiger partial charge is 0.477 e. The fraction of sp³-hybridized carbons (Fsp3) is 0.471. The summed E-state index contributed by atoms with van der Waals surface area (Å²) in [5.74, 6) is -1.31. The third kappa shape index (κ3) is 3.79. The number of carbonyl (C=O) groups excluding carboxylic acids is 2. The Bertz CT molecular complexity index is 744. The van der Waals surface area contributed by atoms with Gasteiger partial charge in [-0.3, -0.25) is 14.5 Å². The quantitative estimate of drug-likeness (QED) is 0.678. The van der Waals surface area contributed by atoms with Crippen molar-refractivity contribution in [3.05, 3.63) is 33.7 Å². The molecule has 1 saturated heterocycles. The van der Waals surface area contributed by atoms with E-state index in [1.165, 1.54) is 28.0 Å². The van der Waals surface area contributed by atoms with Crippen LogP contribution in [0.25, 0.3) is 0 Å². The molecule has 2 aliphatic rings. The molecule has 0 unspecified atom stereocenters. The Morgan fingerprint density at radius 2 is 2.23 bits per heavy atom. The van der Waals surface area contributed by atoms with E-state index in [4.69, 9.17) is 4.74 Å². The molecule has 0 spiro atoms. The van der Waals surface area contributed by atoms with E-state index in [9.17, 15) is 19.5 Å². The lowest BCUT2D eigenvalue weighted by atomic mass is 10.0. The van der Waals surface area contributed by atoms with Gasteiger partial charge < -0.3 is 15.2 Å². The molecule has 0 saturated carbocycles. The highest BCUT2D eigenvalue weighted by molar-refractivity contribution is 8.00. The molecule has 26 heavy (non-hydrogen) atoms. The van der Waals surface area contributed by atoms with Crippen molar-refractivity contribution in [2.45, 2.75) is 37.8 Å². The molecule has 1 fully saturated rings. The van der Waals surface area contributed by atoms with E-state index >= 15 is 0 Å². The average molecular weight is 396 g/mol. The summed E-state index contributed by atoms with van der Waals surface area (Å²) in [6.07, 6.45) is 0.185. The molecule has 0 aliphatic carbocycles. The van der Waals surface area contributed by atoms with Gasteiger partial charge >= 0.3 is 5.97 Å². The maximum atomic E-state index is 12.5. The van der Waals surface area contributed by atoms with E-state index in [-0.39, 0.29) is 42.0 Å². The zero-order chi connectivity index (χ0) is 18.8. The van der Waals surface area contributed by atoms with Crippen molar-refractivity contribution in [2.24, 2.45) is 0 Å². The molecule has 3 rings (SSSR count). The van der Waals surface area contributed by atoms with Crippen LogP contribution in [0.5, 0.6) is 0 Å². The third-order valence-electron chi connectivity index (χ3n) is 4.07. The normalized spacial score (nSPS) is 22.3. The van der Waals surface area contributed by atoms with Gasteiger partial charge in [-0.2, -0.15) is 0 Å². The maximum absolute atomic E-state index is 12.5. The second kappa shape index (κ2) is 7.81. The lowest BCUT2D eigenvalue weighted by molar-refractivity contribution is -0.150. The van der Waals surface area contributed by atoms with E-state index < -0.39 is 12.0 Å². The van der Waals surface area contributed by atoms with Crippen molar-refractivity contribution in [3.8, 4) is 0 Å². The van der Waals surface area contributed by atoms with Gasteiger partial charge in [-0.05, 0) is 30.9 Å². The molecule has 1 aromatic heterocycles. The summed E-state index contributed by atoms with van der Waals surface area (Å²) in [7, 11) is 0. The van der Waals surface area contributed by atoms with Crippen molar-refractivity contribution in [1.29, 1.82) is 0 Å². The molecule has 2 N–H and O–H groups in total. The number of hydrogen-bond acceptors (Lipinski definition) is 6. The highest BCUT2D eigenvalue weighted by Crippen LogP contribution is 2.40. The molecule has 0 aromatic carbocycles. The van der Waals surface area contributed by atoms with Crippen molar-refractivity contribution in [3.63, 3.8) is 0 Å². The fourth-order valence-electron chi connectivity index (χ4n) is 2.86. The number of carboxylic acid groups (broad SMARTS) is 1. The number of aliphatic carboxylic acids is 1. The van der Waals surface area contributed by atoms with Crippen LogP contribution in [0.2, 0.25) is 0 Å². The van der Waals surface area contributed by atoms with Crippen LogP contribution in [0.3, 0.4) is 0 Å². The Labute approximate surface area is 159 Å². The summed E-state index contributed by atoms with van der Waals surface area (Å²) in [4.78, 5) is 38.5. The van der Waals surface area contributed by atoms with E-state index in [2.05, 4.69) is 5.32 Å². The summed E-state index contributed by atoms with van der Waals surface area (Å²) in [5, 5.41) is 13.8. The topological polar surface area (TPSA) is 95.9 Å². The molecule has 140 valence electrons. The number of hydrogen-bond donors (Lipinski definition) is 2. The lowest BCUT2D eigenvalue weighted by Crippen LogP contribution is -2.70. The Kier molecular flexibility index (Phi) is 5.69. The zero-order valence-corrected chi connectivity index (χ0v) is 16.1. The van der Waals surface area contributed by atoms with Crippen LogP contribution in [0.4, 0.5) is 0 Å². The van der Waals surface area contributed by atoms with Crippen molar-refractivity contribution in [2.75, 3.05) is 12.4 Å². The number of fused-ring (bicyclic) bond motifs is 1. The Morgan fingerprint density at radius 3 is 2.85 bits per heavy atom. The maximum Gasteiger partial charge on any atom is 0.352 e. The van der Waals surface area contributed by atoms with Crippen molar-refractivity contribution < 1.29 is 24.2 Å². The summed E-state index contributed by atoms with van der Waals surface area (Å²) in [5.41, 5.74) is 0.576. The highest BCUT2D eigenvalue weighted by atomic mass is 32.2. The first-order valence-electron chi connectivity index (χ1n) is 8.21. The molecule has 2 aliphatic heterocycles. The van der Waals surface area contributed by atoms with Gasteiger partial charge in [0.05, 0.1) is 19.1 Å². The van der Waals surface area contributed by atoms with Gasteiger partial charge in [0.2, 0.25) is 5.91 Å². The minimum absolute atomic E-state index is 0.0110. The Hall–Kier alpha value is -1.84. The molecular formula is C17H20N2O5S2. The molecule has 7 nitrogen and oxygen atoms in total. The molecule has 3 heterocycles. The SMILES string of the molecule is CC(C)OCC1=C(C(=O)O)N2C(=O)[C@@H](NC(=O)Cc3cccs3)[C@H]2SC1. The van der Waals surface area contributed by atoms with E-state index in [1.807, 2.05) is 31.4 Å². The first-order chi connectivity index (χ1) is 12.4. The van der Waals surface area contributed by atoms with Gasteiger partial charge in [-0.15, -0.1) is 23.1 Å². The van der Waals surface area contributed by atoms with Gasteiger partial charge in [0.1, 0.15) is 17.1 Å². The molecule has 2 amide bonds. The van der Waals surface area contributed by atoms with Gasteiger partial charge in [0.15, 0.2) is 0 Å². The Morgan fingerprint density at radius 1 is 1.46 bits per heavy atom. The minimum Gasteiger partial charge on any atom is -0.477 e. The number of ether oxygens (including phenoxy) is 1. The summed E-state index contributed by atoms with van der Waals surface area (Å²) < 4.78 is 5.51. The zero-order valence-electron chi connectivity index (χ0n) is 14.4. The molecule has 0 bridgehead atoms. The number of β-lactam (4-membered cyclic amide) rings is 1. The monoisotopic (exact) mass is 396 g/mol. The predicted molar refractivity (Wildman–Crippen MR) is 98.8 cm³/mol. The van der Waals surface area contributed by atoms with Gasteiger partial charge in [0, 0.05) is 10.6 Å². The van der Waals surface area contributed by atoms with E-state index in [1.54, 1.807) is 0 Å². The van der Waals surface area contributed by atoms with Crippen LogP contribution in [-0.2, 0) is 25.5 Å². The summed E-state index contributed by atoms with van der Waals surface area (Å²) in [6, 6.07) is 3.04. The van der Waals surface area contributed by atoms with Crippen LogP contribution < -0.4 is 5.32 Å². The standard InChI is InChI=1S/C17H20N2O5S2/c1-9(2)24-7-10-8-26-16-13(15(21)19(16)14(10)17(22)23)18-12(20)6-11-4-3-5-25-11/h3-5,9,13,16H,6-8H2,1-2H3,(H,18,20)(H,22,23)/t13-,16-/m1/s1. The molecule has 0 radical (unpaired) electrons. The number of amides is 2. The number of carboxylic acids is 1. The van der Waals surface area contributed by atoms with Crippen LogP contribution >= 0.6 is 23.1 Å². The minimum atomic E-state index is -1.14. The van der Waals surface area contributed by atoms with Crippen LogP contribution in [-0.4, -0.2) is 57.7 Å². The first-order valence-corrected chi connectivity index (χ1v) is 10.1. The second-order valence-corrected chi connectivity index (χ2v) is 8.47. The number of nitrogens with zero attached hydrogens (tertiary/aromatic N) is 1. The van der Waals surface area contributed by atoms with Gasteiger partial charge in [-0.1, -0.05) is 6.07 Å². The third-order valence-corrected chi connectivity index (χ3v) is 6.29. The first kappa shape index (κ1) is 18.9. The predicted octanol–water partition coefficient (Wildman–Crippen LogP) is 1.45.